The lowest BCUT2D eigenvalue weighted by molar-refractivity contribution is -0.261. The number of carbonyl (C=O) groups is 2. The lowest BCUT2D eigenvalue weighted by Crippen LogP contribution is -2.73. The number of hydrogen-bond acceptors (Lipinski definition) is 6. The summed E-state index contributed by atoms with van der Waals surface area (Å²) in [6.45, 7) is 8.85. The van der Waals surface area contributed by atoms with E-state index in [1.54, 1.807) is 7.11 Å². The number of rotatable bonds is 1. The highest BCUT2D eigenvalue weighted by Gasteiger charge is 2.74. The molecule has 10 atom stereocenters. The summed E-state index contributed by atoms with van der Waals surface area (Å²) in [7, 11) is 1.57. The second-order valence-electron chi connectivity index (χ2n) is 9.92. The molecule has 0 radical (unpaired) electrons. The minimum absolute atomic E-state index is 0.0576. The predicted molar refractivity (Wildman–Crippen MR) is 98.8 cm³/mol. The fourth-order valence-corrected chi connectivity index (χ4v) is 7.78. The second kappa shape index (κ2) is 5.82. The van der Waals surface area contributed by atoms with E-state index in [-0.39, 0.29) is 71.9 Å². The minimum Gasteiger partial charge on any atom is -0.493 e. The molecule has 154 valence electrons. The van der Waals surface area contributed by atoms with Crippen LogP contribution >= 0.6 is 0 Å². The first kappa shape index (κ1) is 18.6. The quantitative estimate of drug-likeness (QED) is 0.641. The van der Waals surface area contributed by atoms with Crippen molar-refractivity contribution in [2.75, 3.05) is 13.9 Å². The Kier molecular flexibility index (Phi) is 3.87. The van der Waals surface area contributed by atoms with Gasteiger partial charge in [-0.2, -0.15) is 0 Å². The largest absolute Gasteiger partial charge is 0.493 e. The monoisotopic (exact) mass is 390 g/mol. The minimum atomic E-state index is -0.635. The second-order valence-corrected chi connectivity index (χ2v) is 9.92. The van der Waals surface area contributed by atoms with Gasteiger partial charge in [0, 0.05) is 23.2 Å². The molecule has 2 heterocycles. The zero-order valence-electron chi connectivity index (χ0n) is 17.3. The van der Waals surface area contributed by atoms with Crippen molar-refractivity contribution in [1.82, 2.24) is 0 Å². The van der Waals surface area contributed by atoms with E-state index >= 15 is 0 Å². The number of hydrogen-bond donors (Lipinski definition) is 0. The maximum atomic E-state index is 13.7. The average Bonchev–Trinajstić information content (AvgIpc) is 3.12. The fraction of sp³-hybridized carbons (Fsp3) is 0.818. The zero-order valence-corrected chi connectivity index (χ0v) is 17.3. The molecule has 0 aromatic rings. The normalized spacial score (nSPS) is 54.8. The van der Waals surface area contributed by atoms with Crippen LogP contribution in [0.2, 0.25) is 0 Å². The van der Waals surface area contributed by atoms with E-state index in [1.807, 2.05) is 6.08 Å². The van der Waals surface area contributed by atoms with Crippen molar-refractivity contribution in [3.63, 3.8) is 0 Å². The number of allylic oxidation sites excluding steroid dienone is 2. The van der Waals surface area contributed by atoms with Crippen molar-refractivity contribution >= 4 is 11.8 Å². The summed E-state index contributed by atoms with van der Waals surface area (Å²) in [6.07, 6.45) is 2.57. The highest BCUT2D eigenvalue weighted by atomic mass is 16.7. The molecule has 28 heavy (non-hydrogen) atoms. The van der Waals surface area contributed by atoms with E-state index in [4.69, 9.17) is 18.9 Å². The first-order chi connectivity index (χ1) is 13.2. The first-order valence-corrected chi connectivity index (χ1v) is 10.5. The lowest BCUT2D eigenvalue weighted by atomic mass is 9.38. The van der Waals surface area contributed by atoms with Gasteiger partial charge in [0.2, 0.25) is 5.78 Å². The van der Waals surface area contributed by atoms with E-state index in [9.17, 15) is 9.59 Å². The molecule has 6 nitrogen and oxygen atoms in total. The Balaban J connectivity index is 1.72. The van der Waals surface area contributed by atoms with Gasteiger partial charge in [0.05, 0.1) is 19.3 Å². The van der Waals surface area contributed by atoms with E-state index < -0.39 is 5.41 Å². The summed E-state index contributed by atoms with van der Waals surface area (Å²) < 4.78 is 23.6. The number of Topliss-reactive ketones (excluding diaryl/α,β-unsaturated/α-hetero) is 1. The van der Waals surface area contributed by atoms with Crippen LogP contribution in [-0.2, 0) is 28.5 Å². The molecular weight excluding hydrogens is 360 g/mol. The molecule has 5 aliphatic rings. The van der Waals surface area contributed by atoms with Crippen molar-refractivity contribution < 1.29 is 28.5 Å². The van der Waals surface area contributed by atoms with Gasteiger partial charge in [-0.05, 0) is 36.2 Å². The van der Waals surface area contributed by atoms with Crippen molar-refractivity contribution in [3.8, 4) is 0 Å². The summed E-state index contributed by atoms with van der Waals surface area (Å²) in [6, 6.07) is 0. The molecule has 0 unspecified atom stereocenters. The van der Waals surface area contributed by atoms with E-state index in [0.717, 1.165) is 0 Å². The molecule has 0 spiro atoms. The maximum Gasteiger partial charge on any atom is 0.306 e. The average molecular weight is 390 g/mol. The third-order valence-electron chi connectivity index (χ3n) is 9.02. The van der Waals surface area contributed by atoms with Gasteiger partial charge in [-0.25, -0.2) is 0 Å². The van der Waals surface area contributed by atoms with Crippen molar-refractivity contribution in [1.29, 1.82) is 0 Å². The first-order valence-electron chi connectivity index (χ1n) is 10.5. The van der Waals surface area contributed by atoms with Gasteiger partial charge in [0.25, 0.3) is 0 Å². The number of carbonyl (C=O) groups excluding carboxylic acids is 2. The predicted octanol–water partition coefficient (Wildman–Crippen LogP) is 2.71. The Morgan fingerprint density at radius 1 is 1.11 bits per heavy atom. The van der Waals surface area contributed by atoms with Crippen LogP contribution < -0.4 is 0 Å². The summed E-state index contributed by atoms with van der Waals surface area (Å²) in [4.78, 5) is 26.2. The highest BCUT2D eigenvalue weighted by molar-refractivity contribution is 5.99. The van der Waals surface area contributed by atoms with E-state index in [0.29, 0.717) is 18.6 Å². The van der Waals surface area contributed by atoms with Gasteiger partial charge >= 0.3 is 5.97 Å². The Hall–Kier alpha value is -1.40. The van der Waals surface area contributed by atoms with Crippen LogP contribution in [0.1, 0.15) is 40.5 Å². The van der Waals surface area contributed by atoms with E-state index in [1.165, 1.54) is 0 Å². The summed E-state index contributed by atoms with van der Waals surface area (Å²) in [5, 5.41) is 0. The van der Waals surface area contributed by atoms with Crippen LogP contribution in [0.3, 0.4) is 0 Å². The number of esters is 1. The fourth-order valence-electron chi connectivity index (χ4n) is 7.78. The van der Waals surface area contributed by atoms with Crippen LogP contribution in [0, 0.1) is 40.4 Å². The molecule has 5 rings (SSSR count). The van der Waals surface area contributed by atoms with Crippen LogP contribution in [0.5, 0.6) is 0 Å². The van der Waals surface area contributed by atoms with Crippen LogP contribution in [-0.4, -0.2) is 44.0 Å². The van der Waals surface area contributed by atoms with Crippen LogP contribution in [0.15, 0.2) is 11.8 Å². The van der Waals surface area contributed by atoms with Gasteiger partial charge in [-0.3, -0.25) is 9.59 Å². The number of ether oxygens (including phenoxy) is 4. The van der Waals surface area contributed by atoms with Crippen molar-refractivity contribution in [2.24, 2.45) is 40.4 Å². The third-order valence-corrected chi connectivity index (χ3v) is 9.02. The molecule has 2 aliphatic heterocycles. The third kappa shape index (κ3) is 2.01. The molecule has 4 fully saturated rings. The maximum absolute atomic E-state index is 13.7. The van der Waals surface area contributed by atoms with Gasteiger partial charge in [0.15, 0.2) is 5.76 Å². The molecule has 2 saturated heterocycles. The standard InChI is InChI=1S/C22H30O6/c1-10-6-14(25-5)20(24)22(4)12(10)7-15-21(3)13(8-16(23)28-15)11(2)17-18(19(21)22)27-9-26-17/h6,10-13,15,17-19H,7-9H2,1-5H3/t10-,11-,12+,13+,15-,17-,18-,19+,21-,22+/m1/s1. The molecule has 0 N–H and O–H groups in total. The topological polar surface area (TPSA) is 71.1 Å². The van der Waals surface area contributed by atoms with Crippen molar-refractivity contribution in [3.05, 3.63) is 11.8 Å². The van der Waals surface area contributed by atoms with Crippen LogP contribution in [0.25, 0.3) is 0 Å². The molecule has 0 aromatic carbocycles. The van der Waals surface area contributed by atoms with Gasteiger partial charge in [-0.1, -0.05) is 27.7 Å². The SMILES string of the molecule is COC1=C[C@@H](C)[C@@H]2C[C@H]3OC(=O)C[C@H]4[C@@H](C)[C@H]5OCO[C@H]5[C@H]([C@@]2(C)C1=O)[C@@]34C. The van der Waals surface area contributed by atoms with Gasteiger partial charge in [0.1, 0.15) is 12.9 Å². The smallest absolute Gasteiger partial charge is 0.306 e. The van der Waals surface area contributed by atoms with Crippen molar-refractivity contribution in [2.45, 2.75) is 58.8 Å². The Morgan fingerprint density at radius 2 is 1.82 bits per heavy atom. The lowest BCUT2D eigenvalue weighted by Gasteiger charge is -2.68. The summed E-state index contributed by atoms with van der Waals surface area (Å²) >= 11 is 0. The molecule has 0 bridgehead atoms. The number of methoxy groups -OCH3 is 1. The molecule has 3 aliphatic carbocycles. The molecule has 2 saturated carbocycles. The molecule has 6 heteroatoms. The Morgan fingerprint density at radius 3 is 2.54 bits per heavy atom. The summed E-state index contributed by atoms with van der Waals surface area (Å²) in [5.41, 5.74) is -0.956. The Labute approximate surface area is 165 Å². The van der Waals surface area contributed by atoms with Gasteiger partial charge < -0.3 is 18.9 Å². The van der Waals surface area contributed by atoms with E-state index in [2.05, 4.69) is 27.7 Å². The number of fused-ring (bicyclic) bond motifs is 4. The number of ketones is 1. The molecule has 0 amide bonds. The molecular formula is C22H30O6. The zero-order chi connectivity index (χ0) is 20.0. The Bertz CT molecular complexity index is 760. The molecule has 0 aromatic heterocycles. The van der Waals surface area contributed by atoms with Gasteiger partial charge in [-0.15, -0.1) is 0 Å². The van der Waals surface area contributed by atoms with Crippen LogP contribution in [0.4, 0.5) is 0 Å². The summed E-state index contributed by atoms with van der Waals surface area (Å²) in [5.74, 6) is 0.825. The highest BCUT2D eigenvalue weighted by Crippen LogP contribution is 2.69.